The van der Waals surface area contributed by atoms with Crippen molar-refractivity contribution in [2.45, 2.75) is 0 Å². The van der Waals surface area contributed by atoms with E-state index in [4.69, 9.17) is 4.74 Å². The molecule has 0 atom stereocenters. The van der Waals surface area contributed by atoms with E-state index in [2.05, 4.69) is 13.7 Å². The van der Waals surface area contributed by atoms with E-state index >= 15 is 0 Å². The second kappa shape index (κ2) is 9.01. The van der Waals surface area contributed by atoms with Gasteiger partial charge >= 0.3 is 6.09 Å². The smallest absolute Gasteiger partial charge is 0.378 e. The van der Waals surface area contributed by atoms with E-state index < -0.39 is 6.09 Å². The summed E-state index contributed by atoms with van der Waals surface area (Å²) < 4.78 is 9.46. The van der Waals surface area contributed by atoms with Crippen molar-refractivity contribution in [1.29, 1.82) is 0 Å². The fraction of sp³-hybridized carbons (Fsp3) is 0.833. The van der Waals surface area contributed by atoms with Gasteiger partial charge in [-0.25, -0.2) is 4.79 Å². The first-order valence-electron chi connectivity index (χ1n) is 3.60. The maximum atomic E-state index is 10.5. The molecular weight excluding hydrogens is 275 g/mol. The third kappa shape index (κ3) is 8.02. The molecule has 0 fully saturated rings. The van der Waals surface area contributed by atoms with E-state index in [0.717, 1.165) is 6.54 Å². The number of halogens is 1. The number of ether oxygens (including phenoxy) is 1. The standard InChI is InChI=1S/C6H13IN2O3/c1-8-2-4-11-5-3-9-6(10)12-7/h8H,2-5H2,1H3,(H,9,10). The molecule has 2 N–H and O–H groups in total. The molecule has 0 aliphatic heterocycles. The minimum absolute atomic E-state index is 0.437. The number of rotatable bonds is 6. The summed E-state index contributed by atoms with van der Waals surface area (Å²) in [7, 11) is 1.86. The van der Waals surface area contributed by atoms with Crippen molar-refractivity contribution in [3.63, 3.8) is 0 Å². The fourth-order valence-corrected chi connectivity index (χ4v) is 0.685. The van der Waals surface area contributed by atoms with Crippen LogP contribution < -0.4 is 10.6 Å². The van der Waals surface area contributed by atoms with E-state index in [1.807, 2.05) is 7.05 Å². The van der Waals surface area contributed by atoms with Crippen molar-refractivity contribution in [2.75, 3.05) is 33.4 Å². The molecule has 12 heavy (non-hydrogen) atoms. The summed E-state index contributed by atoms with van der Waals surface area (Å²) in [4.78, 5) is 10.5. The van der Waals surface area contributed by atoms with Gasteiger partial charge in [-0.3, -0.25) is 0 Å². The van der Waals surface area contributed by atoms with Crippen LogP contribution in [0.2, 0.25) is 0 Å². The molecule has 1 amide bonds. The van der Waals surface area contributed by atoms with Crippen molar-refractivity contribution in [1.82, 2.24) is 10.6 Å². The molecule has 0 aromatic heterocycles. The lowest BCUT2D eigenvalue weighted by molar-refractivity contribution is 0.137. The highest BCUT2D eigenvalue weighted by Gasteiger charge is 1.96. The van der Waals surface area contributed by atoms with Crippen LogP contribution in [0, 0.1) is 0 Å². The monoisotopic (exact) mass is 288 g/mol. The maximum Gasteiger partial charge on any atom is 0.416 e. The molecular formula is C6H13IN2O3. The van der Waals surface area contributed by atoms with Crippen LogP contribution in [0.5, 0.6) is 0 Å². The van der Waals surface area contributed by atoms with Crippen LogP contribution in [0.25, 0.3) is 0 Å². The van der Waals surface area contributed by atoms with Gasteiger partial charge in [0.1, 0.15) is 0 Å². The van der Waals surface area contributed by atoms with Crippen LogP contribution in [-0.4, -0.2) is 39.4 Å². The average Bonchev–Trinajstić information content (AvgIpc) is 2.10. The first-order valence-corrected chi connectivity index (χ1v) is 4.48. The molecule has 0 spiro atoms. The molecule has 0 saturated carbocycles. The molecule has 0 aromatic rings. The molecule has 0 rings (SSSR count). The Morgan fingerprint density at radius 2 is 2.08 bits per heavy atom. The van der Waals surface area contributed by atoms with E-state index in [1.165, 1.54) is 23.0 Å². The number of hydrogen-bond acceptors (Lipinski definition) is 4. The molecule has 6 heteroatoms. The zero-order valence-corrected chi connectivity index (χ0v) is 9.09. The topological polar surface area (TPSA) is 59.6 Å². The van der Waals surface area contributed by atoms with Gasteiger partial charge in [-0.2, -0.15) is 0 Å². The summed E-state index contributed by atoms with van der Waals surface area (Å²) in [6, 6.07) is 0. The molecule has 0 aliphatic rings. The SMILES string of the molecule is CNCCOCCNC(=O)OI. The van der Waals surface area contributed by atoms with Crippen molar-refractivity contribution in [3.05, 3.63) is 0 Å². The Balaban J connectivity index is 2.95. The van der Waals surface area contributed by atoms with Crippen molar-refractivity contribution >= 4 is 29.1 Å². The molecule has 0 radical (unpaired) electrons. The van der Waals surface area contributed by atoms with Gasteiger partial charge in [-0.05, 0) is 7.05 Å². The Morgan fingerprint density at radius 3 is 2.67 bits per heavy atom. The lowest BCUT2D eigenvalue weighted by atomic mass is 10.6. The summed E-state index contributed by atoms with van der Waals surface area (Å²) in [5.74, 6) is 0. The molecule has 0 aliphatic carbocycles. The first kappa shape index (κ1) is 11.9. The van der Waals surface area contributed by atoms with Gasteiger partial charge in [-0.15, -0.1) is 0 Å². The van der Waals surface area contributed by atoms with Crippen molar-refractivity contribution < 1.29 is 12.6 Å². The Labute approximate surface area is 85.9 Å². The van der Waals surface area contributed by atoms with Crippen LogP contribution in [-0.2, 0) is 7.80 Å². The van der Waals surface area contributed by atoms with Gasteiger partial charge < -0.3 is 18.4 Å². The summed E-state index contributed by atoms with van der Waals surface area (Å²) in [5.41, 5.74) is 0. The number of carbonyl (C=O) groups is 1. The van der Waals surface area contributed by atoms with E-state index in [0.29, 0.717) is 19.8 Å². The van der Waals surface area contributed by atoms with Gasteiger partial charge in [0.25, 0.3) is 0 Å². The van der Waals surface area contributed by atoms with E-state index in [1.54, 1.807) is 0 Å². The van der Waals surface area contributed by atoms with Gasteiger partial charge in [-0.1, -0.05) is 0 Å². The Bertz CT molecular complexity index is 123. The second-order valence-corrected chi connectivity index (χ2v) is 2.45. The first-order chi connectivity index (χ1) is 5.81. The van der Waals surface area contributed by atoms with Gasteiger partial charge in [0.05, 0.1) is 13.2 Å². The van der Waals surface area contributed by atoms with Crippen LogP contribution >= 0.6 is 23.0 Å². The quantitative estimate of drug-likeness (QED) is 0.545. The molecule has 0 heterocycles. The largest absolute Gasteiger partial charge is 0.416 e. The molecule has 0 aromatic carbocycles. The molecule has 0 bridgehead atoms. The highest BCUT2D eigenvalue weighted by Crippen LogP contribution is 1.84. The molecule has 72 valence electrons. The summed E-state index contributed by atoms with van der Waals surface area (Å²) in [6.07, 6.45) is -0.437. The molecule has 5 nitrogen and oxygen atoms in total. The predicted molar refractivity (Wildman–Crippen MR) is 53.2 cm³/mol. The molecule has 0 unspecified atom stereocenters. The van der Waals surface area contributed by atoms with Crippen molar-refractivity contribution in [2.24, 2.45) is 0 Å². The lowest BCUT2D eigenvalue weighted by Gasteiger charge is -2.03. The molecule has 0 saturated heterocycles. The predicted octanol–water partition coefficient (Wildman–Crippen LogP) is 0.299. The average molecular weight is 288 g/mol. The Morgan fingerprint density at radius 1 is 1.42 bits per heavy atom. The number of carbonyl (C=O) groups excluding carboxylic acids is 1. The van der Waals surface area contributed by atoms with Gasteiger partial charge in [0, 0.05) is 13.1 Å². The van der Waals surface area contributed by atoms with Crippen LogP contribution in [0.4, 0.5) is 4.79 Å². The number of nitrogens with one attached hydrogen (secondary N) is 2. The Hall–Kier alpha value is -0.0800. The van der Waals surface area contributed by atoms with Gasteiger partial charge in [0.2, 0.25) is 0 Å². The number of amides is 1. The minimum Gasteiger partial charge on any atom is -0.378 e. The van der Waals surface area contributed by atoms with Crippen LogP contribution in [0.3, 0.4) is 0 Å². The highest BCUT2D eigenvalue weighted by molar-refractivity contribution is 14.1. The summed E-state index contributed by atoms with van der Waals surface area (Å²) >= 11 is 1.53. The number of likely N-dealkylation sites (N-methyl/N-ethyl adjacent to an activating group) is 1. The highest BCUT2D eigenvalue weighted by atomic mass is 127. The van der Waals surface area contributed by atoms with Crippen LogP contribution in [0.1, 0.15) is 0 Å². The third-order valence-electron chi connectivity index (χ3n) is 1.08. The normalized spacial score (nSPS) is 9.50. The minimum atomic E-state index is -0.437. The summed E-state index contributed by atoms with van der Waals surface area (Å²) in [6.45, 7) is 2.45. The number of hydrogen-bond donors (Lipinski definition) is 2. The van der Waals surface area contributed by atoms with Crippen LogP contribution in [0.15, 0.2) is 0 Å². The van der Waals surface area contributed by atoms with E-state index in [-0.39, 0.29) is 0 Å². The van der Waals surface area contributed by atoms with Gasteiger partial charge in [0.15, 0.2) is 23.0 Å². The second-order valence-electron chi connectivity index (χ2n) is 2.01. The maximum absolute atomic E-state index is 10.5. The lowest BCUT2D eigenvalue weighted by Crippen LogP contribution is -2.26. The zero-order chi connectivity index (χ0) is 9.23. The Kier molecular flexibility index (Phi) is 8.95. The fourth-order valence-electron chi connectivity index (χ4n) is 0.529. The third-order valence-corrected chi connectivity index (χ3v) is 1.48. The zero-order valence-electron chi connectivity index (χ0n) is 6.93. The summed E-state index contributed by atoms with van der Waals surface area (Å²) in [5, 5.41) is 5.44. The van der Waals surface area contributed by atoms with Crippen molar-refractivity contribution in [3.8, 4) is 0 Å². The van der Waals surface area contributed by atoms with E-state index in [9.17, 15) is 4.79 Å².